The van der Waals surface area contributed by atoms with Crippen LogP contribution < -0.4 is 20.7 Å². The molecule has 0 aliphatic rings. The normalized spacial score (nSPS) is 11.0. The SMILES string of the molecule is CN=C(NCCNC(=O)c1ccco1)NCCc1ccc(OC)cc1. The highest BCUT2D eigenvalue weighted by molar-refractivity contribution is 5.91. The minimum absolute atomic E-state index is 0.228. The van der Waals surface area contributed by atoms with Crippen molar-refractivity contribution in [2.45, 2.75) is 6.42 Å². The van der Waals surface area contributed by atoms with Gasteiger partial charge in [-0.15, -0.1) is 0 Å². The van der Waals surface area contributed by atoms with Crippen LogP contribution >= 0.6 is 0 Å². The lowest BCUT2D eigenvalue weighted by atomic mass is 10.1. The van der Waals surface area contributed by atoms with Crippen molar-refractivity contribution in [1.29, 1.82) is 0 Å². The van der Waals surface area contributed by atoms with Gasteiger partial charge in [0.2, 0.25) is 0 Å². The fourth-order valence-corrected chi connectivity index (χ4v) is 2.19. The highest BCUT2D eigenvalue weighted by atomic mass is 16.5. The number of furan rings is 1. The number of hydrogen-bond acceptors (Lipinski definition) is 4. The number of nitrogens with zero attached hydrogens (tertiary/aromatic N) is 1. The van der Waals surface area contributed by atoms with Crippen molar-refractivity contribution in [3.63, 3.8) is 0 Å². The van der Waals surface area contributed by atoms with Crippen molar-refractivity contribution in [2.75, 3.05) is 33.8 Å². The van der Waals surface area contributed by atoms with Crippen molar-refractivity contribution >= 4 is 11.9 Å². The van der Waals surface area contributed by atoms with Crippen molar-refractivity contribution in [1.82, 2.24) is 16.0 Å². The van der Waals surface area contributed by atoms with Gasteiger partial charge in [0, 0.05) is 26.7 Å². The lowest BCUT2D eigenvalue weighted by molar-refractivity contribution is 0.0926. The number of aliphatic imine (C=N–C) groups is 1. The molecule has 0 radical (unpaired) electrons. The Morgan fingerprint density at radius 2 is 1.80 bits per heavy atom. The Morgan fingerprint density at radius 1 is 1.08 bits per heavy atom. The number of methoxy groups -OCH3 is 1. The third-order valence-corrected chi connectivity index (χ3v) is 3.54. The predicted molar refractivity (Wildman–Crippen MR) is 97.1 cm³/mol. The van der Waals surface area contributed by atoms with Gasteiger partial charge in [-0.3, -0.25) is 9.79 Å². The van der Waals surface area contributed by atoms with Crippen molar-refractivity contribution in [3.05, 3.63) is 54.0 Å². The minimum Gasteiger partial charge on any atom is -0.497 e. The molecule has 2 aromatic rings. The number of nitrogens with one attached hydrogen (secondary N) is 3. The second-order valence-electron chi connectivity index (χ2n) is 5.26. The van der Waals surface area contributed by atoms with E-state index in [1.807, 2.05) is 24.3 Å². The number of carbonyl (C=O) groups excluding carboxylic acids is 1. The number of amides is 1. The summed E-state index contributed by atoms with van der Waals surface area (Å²) >= 11 is 0. The number of rotatable bonds is 8. The summed E-state index contributed by atoms with van der Waals surface area (Å²) < 4.78 is 10.2. The largest absolute Gasteiger partial charge is 0.497 e. The monoisotopic (exact) mass is 344 g/mol. The zero-order valence-corrected chi connectivity index (χ0v) is 14.5. The Balaban J connectivity index is 1.62. The molecule has 0 aliphatic carbocycles. The van der Waals surface area contributed by atoms with Crippen LogP contribution in [0.1, 0.15) is 16.1 Å². The second kappa shape index (κ2) is 10.0. The van der Waals surface area contributed by atoms with Crippen LogP contribution in [0.3, 0.4) is 0 Å². The highest BCUT2D eigenvalue weighted by Crippen LogP contribution is 2.11. The molecule has 134 valence electrons. The molecule has 1 amide bonds. The fourth-order valence-electron chi connectivity index (χ4n) is 2.19. The Hall–Kier alpha value is -2.96. The first kappa shape index (κ1) is 18.4. The average Bonchev–Trinajstić information content (AvgIpc) is 3.19. The number of ether oxygens (including phenoxy) is 1. The molecule has 0 fully saturated rings. The molecule has 3 N–H and O–H groups in total. The van der Waals surface area contributed by atoms with E-state index in [0.29, 0.717) is 24.8 Å². The minimum atomic E-state index is -0.228. The first-order chi connectivity index (χ1) is 12.2. The first-order valence-corrected chi connectivity index (χ1v) is 8.12. The van der Waals surface area contributed by atoms with Crippen molar-refractivity contribution < 1.29 is 13.9 Å². The zero-order valence-electron chi connectivity index (χ0n) is 14.5. The van der Waals surface area contributed by atoms with Crippen LogP contribution in [0.25, 0.3) is 0 Å². The summed E-state index contributed by atoms with van der Waals surface area (Å²) in [7, 11) is 3.37. The van der Waals surface area contributed by atoms with E-state index in [1.54, 1.807) is 26.3 Å². The number of guanidine groups is 1. The lowest BCUT2D eigenvalue weighted by Gasteiger charge is -2.12. The van der Waals surface area contributed by atoms with Gasteiger partial charge in [0.15, 0.2) is 11.7 Å². The van der Waals surface area contributed by atoms with E-state index in [1.165, 1.54) is 11.8 Å². The van der Waals surface area contributed by atoms with Crippen LogP contribution in [-0.4, -0.2) is 45.7 Å². The molecule has 0 bridgehead atoms. The number of benzene rings is 1. The summed E-state index contributed by atoms with van der Waals surface area (Å²) in [6.45, 7) is 1.79. The third kappa shape index (κ3) is 6.21. The molecule has 0 saturated carbocycles. The smallest absolute Gasteiger partial charge is 0.287 e. The van der Waals surface area contributed by atoms with E-state index in [9.17, 15) is 4.79 Å². The second-order valence-corrected chi connectivity index (χ2v) is 5.26. The topological polar surface area (TPSA) is 87.9 Å². The summed E-state index contributed by atoms with van der Waals surface area (Å²) in [5.41, 5.74) is 1.22. The maximum atomic E-state index is 11.7. The van der Waals surface area contributed by atoms with Gasteiger partial charge >= 0.3 is 0 Å². The van der Waals surface area contributed by atoms with E-state index in [0.717, 1.165) is 18.7 Å². The Bertz CT molecular complexity index is 666. The maximum absolute atomic E-state index is 11.7. The Kier molecular flexibility index (Phi) is 7.37. The molecular weight excluding hydrogens is 320 g/mol. The van der Waals surface area contributed by atoms with E-state index < -0.39 is 0 Å². The number of hydrogen-bond donors (Lipinski definition) is 3. The summed E-state index contributed by atoms with van der Waals surface area (Å²) in [4.78, 5) is 15.9. The first-order valence-electron chi connectivity index (χ1n) is 8.12. The van der Waals surface area contributed by atoms with Crippen molar-refractivity contribution in [3.8, 4) is 5.75 Å². The standard InChI is InChI=1S/C18H24N4O3/c1-19-18(21-10-9-14-5-7-15(24-2)8-6-14)22-12-11-20-17(23)16-4-3-13-25-16/h3-8,13H,9-12H2,1-2H3,(H,20,23)(H2,19,21,22). The molecule has 7 nitrogen and oxygen atoms in total. The van der Waals surface area contributed by atoms with Gasteiger partial charge < -0.3 is 25.1 Å². The third-order valence-electron chi connectivity index (χ3n) is 3.54. The van der Waals surface area contributed by atoms with E-state index in [4.69, 9.17) is 9.15 Å². The molecule has 0 atom stereocenters. The molecule has 0 saturated heterocycles. The van der Waals surface area contributed by atoms with Gasteiger partial charge in [-0.2, -0.15) is 0 Å². The van der Waals surface area contributed by atoms with Crippen LogP contribution in [0.5, 0.6) is 5.75 Å². The summed E-state index contributed by atoms with van der Waals surface area (Å²) in [5.74, 6) is 1.63. The van der Waals surface area contributed by atoms with Crippen LogP contribution in [0.4, 0.5) is 0 Å². The molecule has 7 heteroatoms. The summed E-state index contributed by atoms with van der Waals surface area (Å²) in [6.07, 6.45) is 2.35. The molecule has 1 aromatic heterocycles. The number of carbonyl (C=O) groups is 1. The summed E-state index contributed by atoms with van der Waals surface area (Å²) in [6, 6.07) is 11.3. The molecule has 2 rings (SSSR count). The summed E-state index contributed by atoms with van der Waals surface area (Å²) in [5, 5.41) is 9.15. The Morgan fingerprint density at radius 3 is 2.44 bits per heavy atom. The van der Waals surface area contributed by atoms with Gasteiger partial charge in [-0.25, -0.2) is 0 Å². The zero-order chi connectivity index (χ0) is 17.9. The maximum Gasteiger partial charge on any atom is 0.287 e. The lowest BCUT2D eigenvalue weighted by Crippen LogP contribution is -2.42. The molecule has 1 aromatic carbocycles. The Labute approximate surface area is 147 Å². The van der Waals surface area contributed by atoms with Gasteiger partial charge in [0.1, 0.15) is 5.75 Å². The molecule has 25 heavy (non-hydrogen) atoms. The van der Waals surface area contributed by atoms with Gasteiger partial charge in [0.25, 0.3) is 5.91 Å². The molecule has 0 spiro atoms. The van der Waals surface area contributed by atoms with Gasteiger partial charge in [-0.05, 0) is 36.2 Å². The van der Waals surface area contributed by atoms with Crippen LogP contribution in [0, 0.1) is 0 Å². The molecular formula is C18H24N4O3. The van der Waals surface area contributed by atoms with Crippen LogP contribution in [0.2, 0.25) is 0 Å². The van der Waals surface area contributed by atoms with Crippen LogP contribution in [0.15, 0.2) is 52.1 Å². The molecule has 0 unspecified atom stereocenters. The van der Waals surface area contributed by atoms with E-state index in [-0.39, 0.29) is 5.91 Å². The quantitative estimate of drug-likeness (QED) is 0.383. The average molecular weight is 344 g/mol. The van der Waals surface area contributed by atoms with Gasteiger partial charge in [0.05, 0.1) is 13.4 Å². The highest BCUT2D eigenvalue weighted by Gasteiger charge is 2.06. The van der Waals surface area contributed by atoms with Crippen LogP contribution in [-0.2, 0) is 6.42 Å². The van der Waals surface area contributed by atoms with Gasteiger partial charge in [-0.1, -0.05) is 12.1 Å². The molecule has 0 aliphatic heterocycles. The van der Waals surface area contributed by atoms with E-state index >= 15 is 0 Å². The van der Waals surface area contributed by atoms with Crippen molar-refractivity contribution in [2.24, 2.45) is 4.99 Å². The molecule has 1 heterocycles. The predicted octanol–water partition coefficient (Wildman–Crippen LogP) is 1.43. The fraction of sp³-hybridized carbons (Fsp3) is 0.333. The van der Waals surface area contributed by atoms with E-state index in [2.05, 4.69) is 20.9 Å².